The lowest BCUT2D eigenvalue weighted by atomic mass is 9.91. The fraction of sp³-hybridized carbons (Fsp3) is 0.240. The first kappa shape index (κ1) is 18.3. The summed E-state index contributed by atoms with van der Waals surface area (Å²) in [4.78, 5) is 14.0. The van der Waals surface area contributed by atoms with Crippen LogP contribution in [0.5, 0.6) is 0 Å². The maximum atomic E-state index is 12.1. The SMILES string of the molecule is CC(=O)N1c2ccccc2[C@@H](Nc2ccc(Cc3ccccc3)cc2)C[C@H]1C. The molecule has 0 aromatic heterocycles. The Bertz CT molecular complexity index is 950. The van der Waals surface area contributed by atoms with Gasteiger partial charge >= 0.3 is 0 Å². The predicted octanol–water partition coefficient (Wildman–Crippen LogP) is 5.58. The lowest BCUT2D eigenvalue weighted by Crippen LogP contribution is -2.43. The maximum absolute atomic E-state index is 12.1. The minimum absolute atomic E-state index is 0.101. The minimum Gasteiger partial charge on any atom is -0.378 e. The van der Waals surface area contributed by atoms with Crippen LogP contribution < -0.4 is 10.2 Å². The van der Waals surface area contributed by atoms with Crippen LogP contribution in [0, 0.1) is 0 Å². The number of para-hydroxylation sites is 1. The molecular weight excluding hydrogens is 344 g/mol. The predicted molar refractivity (Wildman–Crippen MR) is 116 cm³/mol. The number of hydrogen-bond donors (Lipinski definition) is 1. The summed E-state index contributed by atoms with van der Waals surface area (Å²) in [7, 11) is 0. The van der Waals surface area contributed by atoms with Crippen molar-refractivity contribution in [3.63, 3.8) is 0 Å². The van der Waals surface area contributed by atoms with Gasteiger partial charge in [-0.3, -0.25) is 4.79 Å². The molecule has 3 aromatic rings. The van der Waals surface area contributed by atoms with E-state index in [2.05, 4.69) is 66.8 Å². The van der Waals surface area contributed by atoms with E-state index in [1.54, 1.807) is 6.92 Å². The summed E-state index contributed by atoms with van der Waals surface area (Å²) in [6.07, 6.45) is 1.83. The highest BCUT2D eigenvalue weighted by Gasteiger charge is 2.31. The fourth-order valence-corrected chi connectivity index (χ4v) is 4.18. The molecule has 3 aromatic carbocycles. The molecule has 1 aliphatic rings. The van der Waals surface area contributed by atoms with Crippen molar-refractivity contribution in [2.75, 3.05) is 10.2 Å². The number of rotatable bonds is 4. The van der Waals surface area contributed by atoms with Crippen LogP contribution in [0.1, 0.15) is 43.0 Å². The fourth-order valence-electron chi connectivity index (χ4n) is 4.18. The molecule has 0 saturated heterocycles. The number of carbonyl (C=O) groups excluding carboxylic acids is 1. The summed E-state index contributed by atoms with van der Waals surface area (Å²) in [6, 6.07) is 27.8. The summed E-state index contributed by atoms with van der Waals surface area (Å²) in [5.41, 5.74) is 5.94. The first-order valence-electron chi connectivity index (χ1n) is 9.90. The minimum atomic E-state index is 0.101. The van der Waals surface area contributed by atoms with Crippen LogP contribution in [-0.4, -0.2) is 11.9 Å². The topological polar surface area (TPSA) is 32.3 Å². The van der Waals surface area contributed by atoms with E-state index in [1.165, 1.54) is 16.7 Å². The maximum Gasteiger partial charge on any atom is 0.224 e. The van der Waals surface area contributed by atoms with Crippen LogP contribution in [0.2, 0.25) is 0 Å². The number of anilines is 2. The van der Waals surface area contributed by atoms with Crippen molar-refractivity contribution < 1.29 is 4.79 Å². The molecule has 0 bridgehead atoms. The molecule has 0 aliphatic carbocycles. The highest BCUT2D eigenvalue weighted by atomic mass is 16.2. The van der Waals surface area contributed by atoms with E-state index < -0.39 is 0 Å². The van der Waals surface area contributed by atoms with Gasteiger partial charge in [0.05, 0.1) is 6.04 Å². The van der Waals surface area contributed by atoms with Crippen molar-refractivity contribution in [3.05, 3.63) is 95.6 Å². The molecule has 0 radical (unpaired) electrons. The van der Waals surface area contributed by atoms with E-state index >= 15 is 0 Å². The Kier molecular flexibility index (Phi) is 5.16. The molecule has 1 amide bonds. The number of nitrogens with zero attached hydrogens (tertiary/aromatic N) is 1. The van der Waals surface area contributed by atoms with Crippen molar-refractivity contribution in [2.45, 2.75) is 38.8 Å². The molecule has 0 saturated carbocycles. The molecule has 3 heteroatoms. The zero-order chi connectivity index (χ0) is 19.5. The Morgan fingerprint density at radius 3 is 2.29 bits per heavy atom. The highest BCUT2D eigenvalue weighted by molar-refractivity contribution is 5.93. The van der Waals surface area contributed by atoms with E-state index in [0.29, 0.717) is 0 Å². The molecule has 1 aliphatic heterocycles. The Morgan fingerprint density at radius 1 is 0.929 bits per heavy atom. The van der Waals surface area contributed by atoms with Crippen LogP contribution in [0.15, 0.2) is 78.9 Å². The summed E-state index contributed by atoms with van der Waals surface area (Å²) >= 11 is 0. The van der Waals surface area contributed by atoms with E-state index in [0.717, 1.165) is 24.2 Å². The molecule has 1 N–H and O–H groups in total. The Labute approximate surface area is 167 Å². The van der Waals surface area contributed by atoms with E-state index in [-0.39, 0.29) is 18.0 Å². The van der Waals surface area contributed by atoms with Gasteiger partial charge in [0.2, 0.25) is 5.91 Å². The van der Waals surface area contributed by atoms with Crippen LogP contribution >= 0.6 is 0 Å². The van der Waals surface area contributed by atoms with Crippen LogP contribution in [0.3, 0.4) is 0 Å². The third-order valence-corrected chi connectivity index (χ3v) is 5.47. The summed E-state index contributed by atoms with van der Waals surface area (Å²) in [5, 5.41) is 3.68. The number of benzene rings is 3. The average molecular weight is 370 g/mol. The normalized spacial score (nSPS) is 18.4. The summed E-state index contributed by atoms with van der Waals surface area (Å²) < 4.78 is 0. The van der Waals surface area contributed by atoms with Gasteiger partial charge in [-0.15, -0.1) is 0 Å². The Balaban J connectivity index is 1.52. The quantitative estimate of drug-likeness (QED) is 0.650. The van der Waals surface area contributed by atoms with Crippen molar-refractivity contribution in [1.82, 2.24) is 0 Å². The lowest BCUT2D eigenvalue weighted by Gasteiger charge is -2.39. The molecule has 28 heavy (non-hydrogen) atoms. The van der Waals surface area contributed by atoms with Crippen molar-refractivity contribution in [3.8, 4) is 0 Å². The molecule has 0 unspecified atom stereocenters. The van der Waals surface area contributed by atoms with Crippen LogP contribution in [-0.2, 0) is 11.2 Å². The largest absolute Gasteiger partial charge is 0.378 e. The number of amides is 1. The van der Waals surface area contributed by atoms with E-state index in [4.69, 9.17) is 0 Å². The zero-order valence-electron chi connectivity index (χ0n) is 16.4. The van der Waals surface area contributed by atoms with Gasteiger partial charge in [-0.1, -0.05) is 60.7 Å². The average Bonchev–Trinajstić information content (AvgIpc) is 2.70. The second kappa shape index (κ2) is 7.89. The highest BCUT2D eigenvalue weighted by Crippen LogP contribution is 2.38. The van der Waals surface area contributed by atoms with Gasteiger partial charge in [0.25, 0.3) is 0 Å². The van der Waals surface area contributed by atoms with Gasteiger partial charge in [0.1, 0.15) is 0 Å². The third kappa shape index (κ3) is 3.79. The lowest BCUT2D eigenvalue weighted by molar-refractivity contribution is -0.117. The summed E-state index contributed by atoms with van der Waals surface area (Å²) in [6.45, 7) is 3.77. The monoisotopic (exact) mass is 370 g/mol. The number of carbonyl (C=O) groups is 1. The third-order valence-electron chi connectivity index (χ3n) is 5.47. The van der Waals surface area contributed by atoms with Gasteiger partial charge in [0.15, 0.2) is 0 Å². The number of fused-ring (bicyclic) bond motifs is 1. The molecule has 4 rings (SSSR count). The molecule has 1 heterocycles. The van der Waals surface area contributed by atoms with Crippen molar-refractivity contribution in [2.24, 2.45) is 0 Å². The van der Waals surface area contributed by atoms with E-state index in [9.17, 15) is 4.79 Å². The van der Waals surface area contributed by atoms with Gasteiger partial charge in [-0.05, 0) is 54.7 Å². The molecule has 0 fully saturated rings. The zero-order valence-corrected chi connectivity index (χ0v) is 16.4. The first-order chi connectivity index (χ1) is 13.6. The first-order valence-corrected chi connectivity index (χ1v) is 9.90. The molecule has 0 spiro atoms. The molecular formula is C25H26N2O. The van der Waals surface area contributed by atoms with Crippen molar-refractivity contribution in [1.29, 1.82) is 0 Å². The number of nitrogens with one attached hydrogen (secondary N) is 1. The van der Waals surface area contributed by atoms with Crippen LogP contribution in [0.25, 0.3) is 0 Å². The second-order valence-corrected chi connectivity index (χ2v) is 7.59. The van der Waals surface area contributed by atoms with Crippen molar-refractivity contribution >= 4 is 17.3 Å². The van der Waals surface area contributed by atoms with E-state index in [1.807, 2.05) is 29.2 Å². The van der Waals surface area contributed by atoms with Gasteiger partial charge in [0, 0.05) is 24.3 Å². The molecule has 142 valence electrons. The molecule has 2 atom stereocenters. The summed E-state index contributed by atoms with van der Waals surface area (Å²) in [5.74, 6) is 0.101. The Hall–Kier alpha value is -3.07. The molecule has 3 nitrogen and oxygen atoms in total. The van der Waals surface area contributed by atoms with Crippen LogP contribution in [0.4, 0.5) is 11.4 Å². The Morgan fingerprint density at radius 2 is 1.57 bits per heavy atom. The van der Waals surface area contributed by atoms with Gasteiger partial charge in [-0.2, -0.15) is 0 Å². The smallest absolute Gasteiger partial charge is 0.224 e. The standard InChI is InChI=1S/C25H26N2O/c1-18-16-24(23-10-6-7-11-25(23)27(18)19(2)28)26-22-14-12-21(13-15-22)17-20-8-4-3-5-9-20/h3-15,18,24,26H,16-17H2,1-2H3/t18-,24+/m1/s1. The van der Waals surface area contributed by atoms with Gasteiger partial charge < -0.3 is 10.2 Å². The van der Waals surface area contributed by atoms with Gasteiger partial charge in [-0.25, -0.2) is 0 Å². The second-order valence-electron chi connectivity index (χ2n) is 7.59. The number of hydrogen-bond acceptors (Lipinski definition) is 2.